The Labute approximate surface area is 116 Å². The average molecular weight is 275 g/mol. The van der Waals surface area contributed by atoms with Gasteiger partial charge in [-0.1, -0.05) is 0 Å². The second-order valence-corrected chi connectivity index (χ2v) is 6.53. The number of fused-ring (bicyclic) bond motifs is 1. The highest BCUT2D eigenvalue weighted by atomic mass is 32.1. The molecule has 0 aromatic carbocycles. The highest BCUT2D eigenvalue weighted by Crippen LogP contribution is 2.39. The van der Waals surface area contributed by atoms with Gasteiger partial charge in [-0.2, -0.15) is 5.26 Å². The van der Waals surface area contributed by atoms with Gasteiger partial charge >= 0.3 is 0 Å². The van der Waals surface area contributed by atoms with Crippen molar-refractivity contribution in [1.82, 2.24) is 0 Å². The molecule has 0 bridgehead atoms. The predicted molar refractivity (Wildman–Crippen MR) is 75.0 cm³/mol. The van der Waals surface area contributed by atoms with Gasteiger partial charge < -0.3 is 11.1 Å². The van der Waals surface area contributed by atoms with E-state index in [1.54, 1.807) is 11.3 Å². The fraction of sp³-hybridized carbons (Fsp3) is 0.571. The van der Waals surface area contributed by atoms with Gasteiger partial charge in [0.05, 0.1) is 5.56 Å². The molecule has 3 N–H and O–H groups in total. The maximum absolute atomic E-state index is 12.0. The van der Waals surface area contributed by atoms with Crippen LogP contribution >= 0.6 is 11.3 Å². The zero-order valence-corrected chi connectivity index (χ0v) is 11.6. The number of hydrogen-bond acceptors (Lipinski definition) is 4. The molecule has 5 heteroatoms. The van der Waals surface area contributed by atoms with Crippen LogP contribution in [-0.4, -0.2) is 11.9 Å². The maximum atomic E-state index is 12.0. The number of hydrogen-bond donors (Lipinski definition) is 2. The molecule has 0 aliphatic heterocycles. The van der Waals surface area contributed by atoms with E-state index in [1.165, 1.54) is 4.88 Å². The number of nitrogens with zero attached hydrogens (tertiary/aromatic N) is 1. The Morgan fingerprint density at radius 1 is 1.53 bits per heavy atom. The number of carbonyl (C=O) groups is 1. The summed E-state index contributed by atoms with van der Waals surface area (Å²) >= 11 is 1.56. The van der Waals surface area contributed by atoms with Crippen molar-refractivity contribution in [3.63, 3.8) is 0 Å². The van der Waals surface area contributed by atoms with Crippen molar-refractivity contribution in [3.8, 4) is 6.07 Å². The third-order valence-electron chi connectivity index (χ3n) is 3.93. The topological polar surface area (TPSA) is 78.9 Å². The summed E-state index contributed by atoms with van der Waals surface area (Å²) in [6.45, 7) is 0. The van der Waals surface area contributed by atoms with Gasteiger partial charge in [-0.15, -0.1) is 11.3 Å². The van der Waals surface area contributed by atoms with Gasteiger partial charge in [-0.05, 0) is 43.6 Å². The second kappa shape index (κ2) is 4.95. The highest BCUT2D eigenvalue weighted by Gasteiger charge is 2.30. The van der Waals surface area contributed by atoms with Crippen LogP contribution in [0.2, 0.25) is 0 Å². The number of nitriles is 1. The lowest BCUT2D eigenvalue weighted by atomic mass is 10.1. The van der Waals surface area contributed by atoms with Crippen molar-refractivity contribution in [3.05, 3.63) is 16.0 Å². The minimum Gasteiger partial charge on any atom is -0.327 e. The van der Waals surface area contributed by atoms with Crippen molar-refractivity contribution < 1.29 is 4.79 Å². The van der Waals surface area contributed by atoms with E-state index >= 15 is 0 Å². The Balaban J connectivity index is 1.69. The Morgan fingerprint density at radius 3 is 3.00 bits per heavy atom. The van der Waals surface area contributed by atoms with Crippen LogP contribution in [0.25, 0.3) is 0 Å². The quantitative estimate of drug-likeness (QED) is 0.884. The Bertz CT molecular complexity index is 554. The summed E-state index contributed by atoms with van der Waals surface area (Å²) < 4.78 is 0. The molecular weight excluding hydrogens is 258 g/mol. The highest BCUT2D eigenvalue weighted by molar-refractivity contribution is 7.16. The van der Waals surface area contributed by atoms with Gasteiger partial charge in [-0.25, -0.2) is 0 Å². The van der Waals surface area contributed by atoms with E-state index in [2.05, 4.69) is 11.4 Å². The minimum atomic E-state index is -0.0594. The summed E-state index contributed by atoms with van der Waals surface area (Å²) in [5, 5.41) is 12.8. The van der Waals surface area contributed by atoms with Gasteiger partial charge in [0.25, 0.3) is 0 Å². The van der Waals surface area contributed by atoms with E-state index in [-0.39, 0.29) is 11.9 Å². The molecule has 0 saturated heterocycles. The summed E-state index contributed by atoms with van der Waals surface area (Å²) in [5.41, 5.74) is 7.77. The SMILES string of the molecule is N#Cc1c(NC(=O)CC(N)C2CC2)sc2c1CCC2. The van der Waals surface area contributed by atoms with Gasteiger partial charge in [-0.3, -0.25) is 4.79 Å². The number of thiophene rings is 1. The molecule has 3 rings (SSSR count). The molecule has 1 atom stereocenters. The Kier molecular flexibility index (Phi) is 3.29. The summed E-state index contributed by atoms with van der Waals surface area (Å²) in [6, 6.07) is 2.20. The molecule has 2 aliphatic carbocycles. The first-order valence-corrected chi connectivity index (χ1v) is 7.60. The van der Waals surface area contributed by atoms with Crippen molar-refractivity contribution >= 4 is 22.2 Å². The van der Waals surface area contributed by atoms with Crippen molar-refractivity contribution in [2.45, 2.75) is 44.6 Å². The van der Waals surface area contributed by atoms with Crippen LogP contribution in [0.3, 0.4) is 0 Å². The van der Waals surface area contributed by atoms with Crippen LogP contribution < -0.4 is 11.1 Å². The predicted octanol–water partition coefficient (Wildman–Crippen LogP) is 2.17. The fourth-order valence-corrected chi connectivity index (χ4v) is 3.95. The average Bonchev–Trinajstić information content (AvgIpc) is 3.04. The normalized spacial score (nSPS) is 18.7. The number of amides is 1. The monoisotopic (exact) mass is 275 g/mol. The van der Waals surface area contributed by atoms with Gasteiger partial charge in [0.2, 0.25) is 5.91 Å². The first kappa shape index (κ1) is 12.6. The molecule has 100 valence electrons. The lowest BCUT2D eigenvalue weighted by molar-refractivity contribution is -0.116. The molecule has 1 aromatic heterocycles. The molecule has 19 heavy (non-hydrogen) atoms. The number of rotatable bonds is 4. The maximum Gasteiger partial charge on any atom is 0.226 e. The van der Waals surface area contributed by atoms with Crippen LogP contribution in [0.1, 0.15) is 41.7 Å². The molecule has 1 fully saturated rings. The Hall–Kier alpha value is -1.38. The van der Waals surface area contributed by atoms with Crippen LogP contribution in [0, 0.1) is 17.2 Å². The molecule has 1 heterocycles. The van der Waals surface area contributed by atoms with Crippen molar-refractivity contribution in [2.75, 3.05) is 5.32 Å². The van der Waals surface area contributed by atoms with Gasteiger partial charge in [0.1, 0.15) is 11.1 Å². The number of nitrogens with two attached hydrogens (primary N) is 1. The molecule has 1 saturated carbocycles. The zero-order chi connectivity index (χ0) is 13.4. The van der Waals surface area contributed by atoms with E-state index in [9.17, 15) is 10.1 Å². The number of nitrogens with one attached hydrogen (secondary N) is 1. The molecule has 4 nitrogen and oxygen atoms in total. The number of anilines is 1. The van der Waals surface area contributed by atoms with Crippen LogP contribution in [-0.2, 0) is 17.6 Å². The molecule has 1 amide bonds. The lowest BCUT2D eigenvalue weighted by Crippen LogP contribution is -2.28. The molecular formula is C14H17N3OS. The largest absolute Gasteiger partial charge is 0.327 e. The molecule has 0 radical (unpaired) electrons. The fourth-order valence-electron chi connectivity index (χ4n) is 2.69. The van der Waals surface area contributed by atoms with Crippen molar-refractivity contribution in [2.24, 2.45) is 11.7 Å². The number of aryl methyl sites for hydroxylation is 1. The van der Waals surface area contributed by atoms with E-state index < -0.39 is 0 Å². The first-order valence-electron chi connectivity index (χ1n) is 6.79. The summed E-state index contributed by atoms with van der Waals surface area (Å²) in [7, 11) is 0. The summed E-state index contributed by atoms with van der Waals surface area (Å²) in [4.78, 5) is 13.2. The number of carbonyl (C=O) groups excluding carboxylic acids is 1. The van der Waals surface area contributed by atoms with E-state index in [1.807, 2.05) is 0 Å². The summed E-state index contributed by atoms with van der Waals surface area (Å²) in [6.07, 6.45) is 5.77. The van der Waals surface area contributed by atoms with Crippen molar-refractivity contribution in [1.29, 1.82) is 5.26 Å². The molecule has 0 spiro atoms. The second-order valence-electron chi connectivity index (χ2n) is 5.43. The minimum absolute atomic E-state index is 0.0302. The third-order valence-corrected chi connectivity index (χ3v) is 5.14. The third kappa shape index (κ3) is 2.51. The van der Waals surface area contributed by atoms with Gasteiger partial charge in [0.15, 0.2) is 0 Å². The van der Waals surface area contributed by atoms with Crippen LogP contribution in [0.15, 0.2) is 0 Å². The van der Waals surface area contributed by atoms with Gasteiger partial charge in [0, 0.05) is 17.3 Å². The van der Waals surface area contributed by atoms with Crippen LogP contribution in [0.5, 0.6) is 0 Å². The van der Waals surface area contributed by atoms with E-state index in [0.29, 0.717) is 17.9 Å². The molecule has 1 unspecified atom stereocenters. The molecule has 1 aromatic rings. The lowest BCUT2D eigenvalue weighted by Gasteiger charge is -2.09. The first-order chi connectivity index (χ1) is 9.19. The van der Waals surface area contributed by atoms with E-state index in [4.69, 9.17) is 5.73 Å². The zero-order valence-electron chi connectivity index (χ0n) is 10.7. The Morgan fingerprint density at radius 2 is 2.32 bits per heavy atom. The van der Waals surface area contributed by atoms with Crippen LogP contribution in [0.4, 0.5) is 5.00 Å². The molecule has 2 aliphatic rings. The smallest absolute Gasteiger partial charge is 0.226 e. The summed E-state index contributed by atoms with van der Waals surface area (Å²) in [5.74, 6) is 0.463. The standard InChI is InChI=1S/C14H17N3OS/c15-7-10-9-2-1-3-12(9)19-14(10)17-13(18)6-11(16)8-4-5-8/h8,11H,1-6,16H2,(H,17,18). The van der Waals surface area contributed by atoms with E-state index in [0.717, 1.165) is 42.7 Å².